The molecule has 15 heavy (non-hydrogen) atoms. The van der Waals surface area contributed by atoms with Crippen LogP contribution in [0.3, 0.4) is 0 Å². The lowest BCUT2D eigenvalue weighted by atomic mass is 9.79. The van der Waals surface area contributed by atoms with Crippen LogP contribution in [-0.4, -0.2) is 24.8 Å². The molecule has 1 atom stereocenters. The quantitative estimate of drug-likeness (QED) is 0.654. The van der Waals surface area contributed by atoms with Gasteiger partial charge in [-0.1, -0.05) is 12.2 Å². The van der Waals surface area contributed by atoms with Crippen LogP contribution in [-0.2, 0) is 14.3 Å². The van der Waals surface area contributed by atoms with E-state index in [1.165, 1.54) is 0 Å². The second-order valence-corrected chi connectivity index (χ2v) is 4.58. The Morgan fingerprint density at radius 3 is 2.73 bits per heavy atom. The number of Topliss-reactive ketones (excluding diaryl/α,β-unsaturated/α-hetero) is 1. The first-order chi connectivity index (χ1) is 7.11. The molecule has 0 aromatic carbocycles. The maximum atomic E-state index is 11.1. The molecule has 2 aliphatic rings. The molecular weight excluding hydrogens is 192 g/mol. The third kappa shape index (κ3) is 2.29. The minimum absolute atomic E-state index is 0.241. The van der Waals surface area contributed by atoms with Crippen molar-refractivity contribution in [3.05, 3.63) is 12.2 Å². The highest BCUT2D eigenvalue weighted by molar-refractivity contribution is 5.76. The fraction of sp³-hybridized carbons (Fsp3) is 0.750. The van der Waals surface area contributed by atoms with Gasteiger partial charge in [0.15, 0.2) is 5.79 Å². The molecule has 1 saturated heterocycles. The molecule has 1 unspecified atom stereocenters. The summed E-state index contributed by atoms with van der Waals surface area (Å²) in [5.74, 6) is 0.177. The number of hydrogen-bond acceptors (Lipinski definition) is 3. The van der Waals surface area contributed by atoms with E-state index in [4.69, 9.17) is 9.47 Å². The van der Waals surface area contributed by atoms with Crippen molar-refractivity contribution in [2.75, 3.05) is 13.2 Å². The number of hydrogen-bond donors (Lipinski definition) is 0. The van der Waals surface area contributed by atoms with Gasteiger partial charge in [0, 0.05) is 19.3 Å². The van der Waals surface area contributed by atoms with Crippen LogP contribution in [0.25, 0.3) is 0 Å². The fourth-order valence-electron chi connectivity index (χ4n) is 2.51. The van der Waals surface area contributed by atoms with Gasteiger partial charge in [-0.15, -0.1) is 0 Å². The Kier molecular flexibility index (Phi) is 2.94. The second-order valence-electron chi connectivity index (χ2n) is 4.58. The Balaban J connectivity index is 1.96. The zero-order valence-corrected chi connectivity index (χ0v) is 9.25. The maximum absolute atomic E-state index is 11.1. The Morgan fingerprint density at radius 2 is 2.20 bits per heavy atom. The molecule has 0 bridgehead atoms. The zero-order valence-electron chi connectivity index (χ0n) is 9.25. The van der Waals surface area contributed by atoms with Crippen molar-refractivity contribution in [1.82, 2.24) is 0 Å². The highest BCUT2D eigenvalue weighted by Crippen LogP contribution is 2.41. The molecule has 84 valence electrons. The van der Waals surface area contributed by atoms with E-state index in [1.807, 2.05) is 0 Å². The lowest BCUT2D eigenvalue weighted by molar-refractivity contribution is -0.171. The predicted octanol–water partition coefficient (Wildman–Crippen LogP) is 2.06. The molecule has 1 aliphatic heterocycles. The van der Waals surface area contributed by atoms with Crippen molar-refractivity contribution < 1.29 is 14.3 Å². The van der Waals surface area contributed by atoms with Gasteiger partial charge in [-0.3, -0.25) is 0 Å². The summed E-state index contributed by atoms with van der Waals surface area (Å²) in [5, 5.41) is 0. The lowest BCUT2D eigenvalue weighted by Gasteiger charge is -2.36. The Bertz CT molecular complexity index is 277. The van der Waals surface area contributed by atoms with Gasteiger partial charge < -0.3 is 14.3 Å². The maximum Gasteiger partial charge on any atom is 0.172 e. The van der Waals surface area contributed by atoms with E-state index in [0.29, 0.717) is 25.6 Å². The second kappa shape index (κ2) is 4.06. The molecule has 2 fully saturated rings. The van der Waals surface area contributed by atoms with E-state index in [-0.39, 0.29) is 5.78 Å². The summed E-state index contributed by atoms with van der Waals surface area (Å²) < 4.78 is 11.3. The van der Waals surface area contributed by atoms with Crippen LogP contribution >= 0.6 is 0 Å². The first-order valence-corrected chi connectivity index (χ1v) is 5.56. The molecule has 0 radical (unpaired) electrons. The molecule has 1 saturated carbocycles. The highest BCUT2D eigenvalue weighted by Gasteiger charge is 2.41. The van der Waals surface area contributed by atoms with Gasteiger partial charge >= 0.3 is 0 Å². The number of ether oxygens (including phenoxy) is 2. The van der Waals surface area contributed by atoms with Crippen molar-refractivity contribution in [2.45, 2.75) is 38.4 Å². The first-order valence-electron chi connectivity index (χ1n) is 5.56. The summed E-state index contributed by atoms with van der Waals surface area (Å²) in [7, 11) is 0. The minimum atomic E-state index is -0.398. The number of carbonyl (C=O) groups is 1. The van der Waals surface area contributed by atoms with E-state index in [1.54, 1.807) is 6.92 Å². The van der Waals surface area contributed by atoms with Gasteiger partial charge in [0.1, 0.15) is 5.78 Å². The summed E-state index contributed by atoms with van der Waals surface area (Å²) in [4.78, 5) is 11.1. The molecule has 0 aromatic heterocycles. The van der Waals surface area contributed by atoms with Crippen LogP contribution in [0.15, 0.2) is 12.2 Å². The SMILES string of the molecule is C=C1CC2(CCC1CC(C)=O)OCCO2. The molecule has 0 N–H and O–H groups in total. The van der Waals surface area contributed by atoms with Crippen molar-refractivity contribution in [1.29, 1.82) is 0 Å². The average molecular weight is 210 g/mol. The Labute approximate surface area is 90.4 Å². The minimum Gasteiger partial charge on any atom is -0.347 e. The van der Waals surface area contributed by atoms with Gasteiger partial charge in [-0.25, -0.2) is 0 Å². The molecular formula is C12H18O3. The van der Waals surface area contributed by atoms with Gasteiger partial charge in [0.2, 0.25) is 0 Å². The zero-order chi connectivity index (χ0) is 10.9. The predicted molar refractivity (Wildman–Crippen MR) is 56.4 cm³/mol. The molecule has 2 rings (SSSR count). The highest BCUT2D eigenvalue weighted by atomic mass is 16.7. The van der Waals surface area contributed by atoms with Gasteiger partial charge in [-0.05, 0) is 19.3 Å². The summed E-state index contributed by atoms with van der Waals surface area (Å²) in [6, 6.07) is 0. The summed E-state index contributed by atoms with van der Waals surface area (Å²) in [6.45, 7) is 7.06. The fourth-order valence-corrected chi connectivity index (χ4v) is 2.51. The summed E-state index contributed by atoms with van der Waals surface area (Å²) in [6.07, 6.45) is 3.22. The molecule has 3 heteroatoms. The number of rotatable bonds is 2. The van der Waals surface area contributed by atoms with E-state index in [9.17, 15) is 4.79 Å². The van der Waals surface area contributed by atoms with Crippen LogP contribution in [0.1, 0.15) is 32.6 Å². The van der Waals surface area contributed by atoms with Crippen LogP contribution in [0.5, 0.6) is 0 Å². The first kappa shape index (κ1) is 10.8. The summed E-state index contributed by atoms with van der Waals surface area (Å²) in [5.41, 5.74) is 1.11. The topological polar surface area (TPSA) is 35.5 Å². The lowest BCUT2D eigenvalue weighted by Crippen LogP contribution is -2.36. The van der Waals surface area contributed by atoms with E-state index < -0.39 is 5.79 Å². The normalized spacial score (nSPS) is 29.7. The van der Waals surface area contributed by atoms with E-state index >= 15 is 0 Å². The molecule has 0 amide bonds. The van der Waals surface area contributed by atoms with Crippen molar-refractivity contribution in [3.63, 3.8) is 0 Å². The van der Waals surface area contributed by atoms with Crippen molar-refractivity contribution >= 4 is 5.78 Å². The molecule has 1 heterocycles. The molecule has 1 aliphatic carbocycles. The summed E-state index contributed by atoms with van der Waals surface area (Å²) >= 11 is 0. The third-order valence-electron chi connectivity index (χ3n) is 3.29. The molecule has 0 aromatic rings. The van der Waals surface area contributed by atoms with Crippen LogP contribution < -0.4 is 0 Å². The number of ketones is 1. The van der Waals surface area contributed by atoms with Crippen molar-refractivity contribution in [2.24, 2.45) is 5.92 Å². The van der Waals surface area contributed by atoms with Gasteiger partial charge in [0.25, 0.3) is 0 Å². The van der Waals surface area contributed by atoms with Crippen molar-refractivity contribution in [3.8, 4) is 0 Å². The number of carbonyl (C=O) groups excluding carboxylic acids is 1. The van der Waals surface area contributed by atoms with Crippen LogP contribution in [0.4, 0.5) is 0 Å². The van der Waals surface area contributed by atoms with Gasteiger partial charge in [-0.2, -0.15) is 0 Å². The largest absolute Gasteiger partial charge is 0.347 e. The van der Waals surface area contributed by atoms with Crippen LogP contribution in [0.2, 0.25) is 0 Å². The molecule has 3 nitrogen and oxygen atoms in total. The smallest absolute Gasteiger partial charge is 0.172 e. The van der Waals surface area contributed by atoms with Gasteiger partial charge in [0.05, 0.1) is 13.2 Å². The monoisotopic (exact) mass is 210 g/mol. The molecule has 1 spiro atoms. The van der Waals surface area contributed by atoms with E-state index in [2.05, 4.69) is 6.58 Å². The third-order valence-corrected chi connectivity index (χ3v) is 3.29. The Morgan fingerprint density at radius 1 is 1.53 bits per heavy atom. The van der Waals surface area contributed by atoms with Crippen LogP contribution in [0, 0.1) is 5.92 Å². The Hall–Kier alpha value is -0.670. The van der Waals surface area contributed by atoms with E-state index in [0.717, 1.165) is 24.8 Å². The average Bonchev–Trinajstić information content (AvgIpc) is 2.59. The standard InChI is InChI=1S/C12H18O3/c1-9-8-12(14-5-6-15-12)4-3-11(9)7-10(2)13/h11H,1,3-8H2,2H3.